The molecule has 2 unspecified atom stereocenters. The number of hydrazone groups is 1. The number of anilines is 2. The molecule has 3 aromatic carbocycles. The van der Waals surface area contributed by atoms with E-state index in [0.717, 1.165) is 22.5 Å². The highest BCUT2D eigenvalue weighted by molar-refractivity contribution is 6.42. The van der Waals surface area contributed by atoms with E-state index in [2.05, 4.69) is 48.6 Å². The first-order chi connectivity index (χ1) is 14.1. The maximum Gasteiger partial charge on any atom is 0.176 e. The van der Waals surface area contributed by atoms with Gasteiger partial charge in [-0.1, -0.05) is 72.3 Å². The van der Waals surface area contributed by atoms with Gasteiger partial charge in [-0.25, -0.2) is 0 Å². The van der Waals surface area contributed by atoms with Gasteiger partial charge in [0.15, 0.2) is 5.78 Å². The standard InChI is InChI=1S/C25H25N3O/c1-17-13-15-19(16-14-17)23-24(18(2)29)27-28(22-12-8-7-11-21(22)26-3)25(23)20-9-5-4-6-10-20/h4-16,23,25-26H,1-3H3. The summed E-state index contributed by atoms with van der Waals surface area (Å²) in [4.78, 5) is 12.6. The number of Topliss-reactive ketones (excluding diaryl/α,β-unsaturated/α-hetero) is 1. The Hall–Kier alpha value is -3.40. The van der Waals surface area contributed by atoms with Crippen LogP contribution in [-0.4, -0.2) is 18.5 Å². The topological polar surface area (TPSA) is 44.7 Å². The van der Waals surface area contributed by atoms with Gasteiger partial charge in [-0.05, 0) is 30.2 Å². The lowest BCUT2D eigenvalue weighted by molar-refractivity contribution is -0.111. The van der Waals surface area contributed by atoms with Crippen LogP contribution < -0.4 is 10.3 Å². The molecule has 0 aliphatic carbocycles. The second-order valence-electron chi connectivity index (χ2n) is 7.40. The van der Waals surface area contributed by atoms with E-state index in [1.54, 1.807) is 6.92 Å². The molecule has 29 heavy (non-hydrogen) atoms. The van der Waals surface area contributed by atoms with Gasteiger partial charge >= 0.3 is 0 Å². The first-order valence-corrected chi connectivity index (χ1v) is 9.87. The molecule has 4 rings (SSSR count). The van der Waals surface area contributed by atoms with Gasteiger partial charge in [-0.2, -0.15) is 5.10 Å². The van der Waals surface area contributed by atoms with Crippen LogP contribution in [0.5, 0.6) is 0 Å². The number of hydrogen-bond donors (Lipinski definition) is 1. The molecule has 0 aromatic heterocycles. The molecule has 1 heterocycles. The zero-order chi connectivity index (χ0) is 20.4. The van der Waals surface area contributed by atoms with Crippen molar-refractivity contribution in [2.45, 2.75) is 25.8 Å². The number of benzene rings is 3. The van der Waals surface area contributed by atoms with Crippen molar-refractivity contribution < 1.29 is 4.79 Å². The van der Waals surface area contributed by atoms with Crippen molar-refractivity contribution in [1.82, 2.24) is 0 Å². The molecule has 146 valence electrons. The average molecular weight is 383 g/mol. The van der Waals surface area contributed by atoms with E-state index in [4.69, 9.17) is 5.10 Å². The summed E-state index contributed by atoms with van der Waals surface area (Å²) in [5.41, 5.74) is 5.95. The molecule has 3 aromatic rings. The lowest BCUT2D eigenvalue weighted by Crippen LogP contribution is -2.26. The van der Waals surface area contributed by atoms with Crippen LogP contribution in [0.1, 0.15) is 35.6 Å². The smallest absolute Gasteiger partial charge is 0.176 e. The molecule has 4 heteroatoms. The third kappa shape index (κ3) is 3.54. The lowest BCUT2D eigenvalue weighted by Gasteiger charge is -2.30. The Morgan fingerprint density at radius 3 is 2.21 bits per heavy atom. The van der Waals surface area contributed by atoms with Crippen molar-refractivity contribution in [1.29, 1.82) is 0 Å². The summed E-state index contributed by atoms with van der Waals surface area (Å²) in [6.45, 7) is 3.68. The molecule has 0 saturated heterocycles. The van der Waals surface area contributed by atoms with Crippen LogP contribution in [0.3, 0.4) is 0 Å². The Kier molecular flexibility index (Phi) is 5.17. The SMILES string of the molecule is CNc1ccccc1N1N=C(C(C)=O)C(c2ccc(C)cc2)C1c1ccccc1. The maximum atomic E-state index is 12.6. The first-order valence-electron chi connectivity index (χ1n) is 9.87. The number of rotatable bonds is 5. The van der Waals surface area contributed by atoms with Crippen molar-refractivity contribution in [2.75, 3.05) is 17.4 Å². The number of hydrogen-bond acceptors (Lipinski definition) is 4. The van der Waals surface area contributed by atoms with Crippen LogP contribution in [0.2, 0.25) is 0 Å². The zero-order valence-corrected chi connectivity index (χ0v) is 17.0. The largest absolute Gasteiger partial charge is 0.386 e. The minimum Gasteiger partial charge on any atom is -0.386 e. The van der Waals surface area contributed by atoms with Crippen LogP contribution in [0, 0.1) is 6.92 Å². The van der Waals surface area contributed by atoms with Gasteiger partial charge in [0.05, 0.1) is 23.3 Å². The summed E-state index contributed by atoms with van der Waals surface area (Å²) in [6, 6.07) is 26.7. The summed E-state index contributed by atoms with van der Waals surface area (Å²) < 4.78 is 0. The summed E-state index contributed by atoms with van der Waals surface area (Å²) in [5, 5.41) is 10.1. The summed E-state index contributed by atoms with van der Waals surface area (Å²) >= 11 is 0. The van der Waals surface area contributed by atoms with Crippen molar-refractivity contribution in [3.63, 3.8) is 0 Å². The van der Waals surface area contributed by atoms with E-state index in [1.165, 1.54) is 5.56 Å². The summed E-state index contributed by atoms with van der Waals surface area (Å²) in [5.74, 6) is -0.138. The highest BCUT2D eigenvalue weighted by Crippen LogP contribution is 2.46. The van der Waals surface area contributed by atoms with Gasteiger partial charge < -0.3 is 5.32 Å². The van der Waals surface area contributed by atoms with Crippen LogP contribution >= 0.6 is 0 Å². The minimum absolute atomic E-state index is 0.000875. The average Bonchev–Trinajstić information content (AvgIpc) is 3.15. The quantitative estimate of drug-likeness (QED) is 0.648. The van der Waals surface area contributed by atoms with Crippen LogP contribution in [-0.2, 0) is 4.79 Å². The van der Waals surface area contributed by atoms with Crippen molar-refractivity contribution in [2.24, 2.45) is 5.10 Å². The molecular weight excluding hydrogens is 358 g/mol. The third-order valence-electron chi connectivity index (χ3n) is 5.45. The fourth-order valence-electron chi connectivity index (χ4n) is 4.01. The summed E-state index contributed by atoms with van der Waals surface area (Å²) in [7, 11) is 1.90. The van der Waals surface area contributed by atoms with E-state index < -0.39 is 0 Å². The van der Waals surface area contributed by atoms with E-state index >= 15 is 0 Å². The fraction of sp³-hybridized carbons (Fsp3) is 0.200. The number of nitrogens with one attached hydrogen (secondary N) is 1. The predicted octanol–water partition coefficient (Wildman–Crippen LogP) is 5.33. The Balaban J connectivity index is 1.92. The Bertz CT molecular complexity index is 1040. The number of carbonyl (C=O) groups is 1. The lowest BCUT2D eigenvalue weighted by atomic mass is 9.82. The Labute approximate surface area is 171 Å². The number of aryl methyl sites for hydroxylation is 1. The van der Waals surface area contributed by atoms with Crippen LogP contribution in [0.25, 0.3) is 0 Å². The van der Waals surface area contributed by atoms with Gasteiger partial charge in [-0.15, -0.1) is 0 Å². The van der Waals surface area contributed by atoms with Gasteiger partial charge in [0, 0.05) is 14.0 Å². The number of nitrogens with zero attached hydrogens (tertiary/aromatic N) is 2. The van der Waals surface area contributed by atoms with Crippen molar-refractivity contribution in [3.8, 4) is 0 Å². The molecule has 0 fully saturated rings. The highest BCUT2D eigenvalue weighted by Gasteiger charge is 2.42. The molecule has 2 atom stereocenters. The normalized spacial score (nSPS) is 18.4. The Morgan fingerprint density at radius 2 is 1.55 bits per heavy atom. The number of para-hydroxylation sites is 2. The molecule has 1 aliphatic rings. The van der Waals surface area contributed by atoms with Gasteiger partial charge in [0.1, 0.15) is 5.71 Å². The van der Waals surface area contributed by atoms with Crippen LogP contribution in [0.15, 0.2) is 84.0 Å². The molecule has 4 nitrogen and oxygen atoms in total. The molecule has 1 N–H and O–H groups in total. The van der Waals surface area contributed by atoms with Crippen molar-refractivity contribution >= 4 is 22.9 Å². The first kappa shape index (κ1) is 18.9. The molecule has 0 saturated carbocycles. The second-order valence-corrected chi connectivity index (χ2v) is 7.40. The maximum absolute atomic E-state index is 12.6. The Morgan fingerprint density at radius 1 is 0.897 bits per heavy atom. The zero-order valence-electron chi connectivity index (χ0n) is 17.0. The monoisotopic (exact) mass is 383 g/mol. The second kappa shape index (κ2) is 7.92. The van der Waals surface area contributed by atoms with E-state index in [0.29, 0.717) is 5.71 Å². The molecule has 0 radical (unpaired) electrons. The summed E-state index contributed by atoms with van der Waals surface area (Å²) in [6.07, 6.45) is 0. The van der Waals surface area contributed by atoms with Gasteiger partial charge in [0.25, 0.3) is 0 Å². The van der Waals surface area contributed by atoms with Crippen LogP contribution in [0.4, 0.5) is 11.4 Å². The van der Waals surface area contributed by atoms with Gasteiger partial charge in [-0.3, -0.25) is 9.80 Å². The number of carbonyl (C=O) groups excluding carboxylic acids is 1. The molecular formula is C25H25N3O. The highest BCUT2D eigenvalue weighted by atomic mass is 16.1. The molecule has 0 spiro atoms. The fourth-order valence-corrected chi connectivity index (χ4v) is 4.01. The molecule has 0 bridgehead atoms. The molecule has 0 amide bonds. The van der Waals surface area contributed by atoms with Crippen molar-refractivity contribution in [3.05, 3.63) is 95.6 Å². The van der Waals surface area contributed by atoms with E-state index in [1.807, 2.05) is 54.5 Å². The number of ketones is 1. The minimum atomic E-state index is -0.139. The van der Waals surface area contributed by atoms with E-state index in [9.17, 15) is 4.79 Å². The van der Waals surface area contributed by atoms with E-state index in [-0.39, 0.29) is 17.7 Å². The molecule has 1 aliphatic heterocycles. The third-order valence-corrected chi connectivity index (χ3v) is 5.45. The predicted molar refractivity (Wildman–Crippen MR) is 120 cm³/mol. The van der Waals surface area contributed by atoms with Gasteiger partial charge in [0.2, 0.25) is 0 Å².